The van der Waals surface area contributed by atoms with Crippen molar-refractivity contribution in [2.45, 2.75) is 39.8 Å². The van der Waals surface area contributed by atoms with Crippen molar-refractivity contribution in [3.05, 3.63) is 78.1 Å². The van der Waals surface area contributed by atoms with Crippen molar-refractivity contribution in [2.75, 3.05) is 19.5 Å². The van der Waals surface area contributed by atoms with Crippen LogP contribution in [-0.2, 0) is 22.6 Å². The van der Waals surface area contributed by atoms with Gasteiger partial charge in [-0.2, -0.15) is 5.10 Å². The second kappa shape index (κ2) is 11.0. The fraction of sp³-hybridized carbons (Fsp3) is 0.258. The van der Waals surface area contributed by atoms with E-state index in [1.165, 1.54) is 0 Å². The first kappa shape index (κ1) is 26.0. The molecule has 8 nitrogen and oxygen atoms in total. The zero-order valence-electron chi connectivity index (χ0n) is 22.6. The molecule has 200 valence electrons. The SMILES string of the molecule is CCOC(=O)Cc1ccccc1OCc1nn(C(C)C)c2ccc(-c3ccc4c(OC)cnc(N)c4c3)cc12. The van der Waals surface area contributed by atoms with Gasteiger partial charge in [-0.1, -0.05) is 30.3 Å². The van der Waals surface area contributed by atoms with Crippen LogP contribution in [0.1, 0.15) is 38.1 Å². The van der Waals surface area contributed by atoms with Gasteiger partial charge < -0.3 is 19.9 Å². The molecule has 0 atom stereocenters. The lowest BCUT2D eigenvalue weighted by atomic mass is 10.00. The first-order valence-electron chi connectivity index (χ1n) is 13.0. The molecule has 5 rings (SSSR count). The Morgan fingerprint density at radius 3 is 2.46 bits per heavy atom. The van der Waals surface area contributed by atoms with Gasteiger partial charge in [-0.15, -0.1) is 0 Å². The van der Waals surface area contributed by atoms with Crippen LogP contribution in [0.2, 0.25) is 0 Å². The summed E-state index contributed by atoms with van der Waals surface area (Å²) >= 11 is 0. The van der Waals surface area contributed by atoms with Gasteiger partial charge in [0.15, 0.2) is 0 Å². The van der Waals surface area contributed by atoms with E-state index in [1.807, 2.05) is 41.1 Å². The van der Waals surface area contributed by atoms with E-state index in [9.17, 15) is 4.79 Å². The first-order valence-corrected chi connectivity index (χ1v) is 13.0. The molecule has 8 heteroatoms. The van der Waals surface area contributed by atoms with Gasteiger partial charge in [-0.3, -0.25) is 9.48 Å². The molecule has 0 saturated heterocycles. The summed E-state index contributed by atoms with van der Waals surface area (Å²) in [5.74, 6) is 1.50. The van der Waals surface area contributed by atoms with E-state index >= 15 is 0 Å². The molecule has 0 aliphatic carbocycles. The number of carbonyl (C=O) groups is 1. The summed E-state index contributed by atoms with van der Waals surface area (Å²) in [7, 11) is 1.62. The third-order valence-corrected chi connectivity index (χ3v) is 6.68. The van der Waals surface area contributed by atoms with Crippen LogP contribution >= 0.6 is 0 Å². The van der Waals surface area contributed by atoms with Crippen LogP contribution < -0.4 is 15.2 Å². The van der Waals surface area contributed by atoms with Gasteiger partial charge in [0.2, 0.25) is 0 Å². The standard InChI is InChI=1S/C31H32N4O4/c1-5-38-30(36)16-22-8-6-7-9-28(22)39-18-26-25-15-21(11-13-27(25)35(34-26)19(2)3)20-10-12-23-24(14-20)31(32)33-17-29(23)37-4/h6-15,17,19H,5,16,18H2,1-4H3,(H2,32,33). The van der Waals surface area contributed by atoms with E-state index in [2.05, 4.69) is 43.1 Å². The van der Waals surface area contributed by atoms with Crippen LogP contribution in [0.15, 0.2) is 66.9 Å². The average molecular weight is 525 g/mol. The first-order chi connectivity index (χ1) is 18.9. The lowest BCUT2D eigenvalue weighted by molar-refractivity contribution is -0.142. The van der Waals surface area contributed by atoms with Crippen molar-refractivity contribution in [3.8, 4) is 22.6 Å². The zero-order chi connectivity index (χ0) is 27.5. The summed E-state index contributed by atoms with van der Waals surface area (Å²) in [6, 6.07) is 20.1. The Labute approximate surface area is 227 Å². The van der Waals surface area contributed by atoms with Gasteiger partial charge in [0, 0.05) is 27.8 Å². The summed E-state index contributed by atoms with van der Waals surface area (Å²) in [5.41, 5.74) is 10.9. The number of ether oxygens (including phenoxy) is 3. The molecule has 0 spiro atoms. The van der Waals surface area contributed by atoms with Gasteiger partial charge in [0.1, 0.15) is 29.6 Å². The number of nitrogens with two attached hydrogens (primary N) is 1. The van der Waals surface area contributed by atoms with Crippen molar-refractivity contribution >= 4 is 33.5 Å². The van der Waals surface area contributed by atoms with E-state index in [0.717, 1.165) is 44.1 Å². The van der Waals surface area contributed by atoms with Gasteiger partial charge in [0.25, 0.3) is 0 Å². The highest BCUT2D eigenvalue weighted by Gasteiger charge is 2.17. The molecule has 0 aliphatic heterocycles. The van der Waals surface area contributed by atoms with Crippen molar-refractivity contribution in [1.82, 2.24) is 14.8 Å². The van der Waals surface area contributed by atoms with Gasteiger partial charge in [-0.25, -0.2) is 4.98 Å². The molecule has 39 heavy (non-hydrogen) atoms. The van der Waals surface area contributed by atoms with E-state index < -0.39 is 0 Å². The molecule has 0 bridgehead atoms. The predicted octanol–water partition coefficient (Wildman–Crippen LogP) is 6.11. The molecule has 0 radical (unpaired) electrons. The summed E-state index contributed by atoms with van der Waals surface area (Å²) < 4.78 is 18.8. The Hall–Kier alpha value is -4.59. The number of carbonyl (C=O) groups excluding carboxylic acids is 1. The number of fused-ring (bicyclic) bond motifs is 2. The number of hydrogen-bond donors (Lipinski definition) is 1. The van der Waals surface area contributed by atoms with E-state index in [-0.39, 0.29) is 25.0 Å². The van der Waals surface area contributed by atoms with Crippen molar-refractivity contribution in [1.29, 1.82) is 0 Å². The minimum Gasteiger partial charge on any atom is -0.494 e. The van der Waals surface area contributed by atoms with Crippen molar-refractivity contribution < 1.29 is 19.0 Å². The normalized spacial score (nSPS) is 11.3. The third kappa shape index (κ3) is 5.23. The average Bonchev–Trinajstić information content (AvgIpc) is 3.31. The molecule has 0 fully saturated rings. The number of methoxy groups -OCH3 is 1. The molecular weight excluding hydrogens is 492 g/mol. The second-order valence-electron chi connectivity index (χ2n) is 9.57. The van der Waals surface area contributed by atoms with E-state index in [0.29, 0.717) is 23.9 Å². The summed E-state index contributed by atoms with van der Waals surface area (Å²) in [4.78, 5) is 16.4. The molecule has 0 saturated carbocycles. The van der Waals surface area contributed by atoms with Crippen molar-refractivity contribution in [3.63, 3.8) is 0 Å². The monoisotopic (exact) mass is 524 g/mol. The van der Waals surface area contributed by atoms with E-state index in [4.69, 9.17) is 25.0 Å². The van der Waals surface area contributed by atoms with Crippen LogP contribution in [0.4, 0.5) is 5.82 Å². The summed E-state index contributed by atoms with van der Waals surface area (Å²) in [6.07, 6.45) is 1.79. The van der Waals surface area contributed by atoms with Crippen LogP contribution in [0.25, 0.3) is 32.8 Å². The van der Waals surface area contributed by atoms with Crippen LogP contribution in [0, 0.1) is 0 Å². The summed E-state index contributed by atoms with van der Waals surface area (Å²) in [6.45, 7) is 6.60. The third-order valence-electron chi connectivity index (χ3n) is 6.68. The molecule has 2 heterocycles. The number of nitrogen functional groups attached to an aromatic ring is 1. The molecule has 2 N–H and O–H groups in total. The minimum absolute atomic E-state index is 0.153. The number of anilines is 1. The largest absolute Gasteiger partial charge is 0.494 e. The Kier molecular flexibility index (Phi) is 7.36. The van der Waals surface area contributed by atoms with Crippen LogP contribution in [0.5, 0.6) is 11.5 Å². The number of nitrogens with zero attached hydrogens (tertiary/aromatic N) is 3. The number of pyridine rings is 1. The number of para-hydroxylation sites is 1. The lowest BCUT2D eigenvalue weighted by Gasteiger charge is -2.11. The highest BCUT2D eigenvalue weighted by molar-refractivity contribution is 5.98. The number of hydrogen-bond acceptors (Lipinski definition) is 7. The van der Waals surface area contributed by atoms with Gasteiger partial charge in [-0.05, 0) is 62.2 Å². The van der Waals surface area contributed by atoms with Gasteiger partial charge >= 0.3 is 5.97 Å². The highest BCUT2D eigenvalue weighted by Crippen LogP contribution is 2.34. The molecular formula is C31H32N4O4. The van der Waals surface area contributed by atoms with Crippen LogP contribution in [-0.4, -0.2) is 34.5 Å². The zero-order valence-corrected chi connectivity index (χ0v) is 22.6. The predicted molar refractivity (Wildman–Crippen MR) is 153 cm³/mol. The Bertz CT molecular complexity index is 1660. The quantitative estimate of drug-likeness (QED) is 0.232. The fourth-order valence-electron chi connectivity index (χ4n) is 4.77. The fourth-order valence-corrected chi connectivity index (χ4v) is 4.77. The maximum absolute atomic E-state index is 12.1. The molecule has 3 aromatic carbocycles. The molecule has 2 aromatic heterocycles. The maximum Gasteiger partial charge on any atom is 0.310 e. The number of aromatic nitrogens is 3. The van der Waals surface area contributed by atoms with Crippen molar-refractivity contribution in [2.24, 2.45) is 0 Å². The molecule has 0 unspecified atom stereocenters. The number of benzene rings is 3. The molecule has 5 aromatic rings. The number of rotatable bonds is 9. The summed E-state index contributed by atoms with van der Waals surface area (Å²) in [5, 5.41) is 7.65. The molecule has 0 amide bonds. The smallest absolute Gasteiger partial charge is 0.310 e. The van der Waals surface area contributed by atoms with Crippen LogP contribution in [0.3, 0.4) is 0 Å². The molecule has 0 aliphatic rings. The Morgan fingerprint density at radius 1 is 0.974 bits per heavy atom. The second-order valence-corrected chi connectivity index (χ2v) is 9.57. The highest BCUT2D eigenvalue weighted by atomic mass is 16.5. The van der Waals surface area contributed by atoms with Gasteiger partial charge in [0.05, 0.1) is 31.9 Å². The number of esters is 1. The topological polar surface area (TPSA) is 101 Å². The lowest BCUT2D eigenvalue weighted by Crippen LogP contribution is -2.09. The maximum atomic E-state index is 12.1. The Balaban J connectivity index is 1.51. The minimum atomic E-state index is -0.281. The Morgan fingerprint density at radius 2 is 1.72 bits per heavy atom. The van der Waals surface area contributed by atoms with E-state index in [1.54, 1.807) is 20.2 Å².